The maximum absolute atomic E-state index is 10.9. The van der Waals surface area contributed by atoms with Crippen molar-refractivity contribution in [3.63, 3.8) is 0 Å². The van der Waals surface area contributed by atoms with Crippen LogP contribution in [0, 0.1) is 10.1 Å². The lowest BCUT2D eigenvalue weighted by atomic mass is 10.6. The third-order valence-corrected chi connectivity index (χ3v) is 3.76. The smallest absolute Gasteiger partial charge is 0.396 e. The van der Waals surface area contributed by atoms with Crippen molar-refractivity contribution in [3.05, 3.63) is 29.1 Å². The molecule has 0 saturated carbocycles. The Bertz CT molecular complexity index is 876. The fraction of sp³-hybridized carbons (Fsp3) is 0.182. The van der Waals surface area contributed by atoms with Gasteiger partial charge in [-0.15, -0.1) is 0 Å². The van der Waals surface area contributed by atoms with Crippen molar-refractivity contribution in [3.8, 4) is 0 Å². The van der Waals surface area contributed by atoms with Gasteiger partial charge in [-0.1, -0.05) is 0 Å². The SMILES string of the molecule is Cn1cnc([N+](=O)[O-])c1Sc1ncnc2nc[nH]c12.NCC(=O)O. The summed E-state index contributed by atoms with van der Waals surface area (Å²) in [6, 6.07) is 0. The largest absolute Gasteiger partial charge is 0.480 e. The highest BCUT2D eigenvalue weighted by molar-refractivity contribution is 7.99. The van der Waals surface area contributed by atoms with Crippen LogP contribution in [-0.4, -0.2) is 52.0 Å². The minimum absolute atomic E-state index is 0.196. The number of aliphatic carboxylic acids is 1. The molecule has 4 N–H and O–H groups in total. The van der Waals surface area contributed by atoms with Gasteiger partial charge in [0.05, 0.1) is 12.9 Å². The molecule has 13 heteroatoms. The van der Waals surface area contributed by atoms with Crippen molar-refractivity contribution in [2.75, 3.05) is 6.54 Å². The molecule has 0 aliphatic rings. The monoisotopic (exact) mass is 352 g/mol. The molecule has 0 radical (unpaired) electrons. The van der Waals surface area contributed by atoms with Gasteiger partial charge in [0.25, 0.3) is 0 Å². The van der Waals surface area contributed by atoms with Gasteiger partial charge in [-0.2, -0.15) is 0 Å². The lowest BCUT2D eigenvalue weighted by Crippen LogP contribution is -2.10. The second kappa shape index (κ2) is 7.47. The zero-order valence-corrected chi connectivity index (χ0v) is 13.1. The van der Waals surface area contributed by atoms with Crippen LogP contribution < -0.4 is 5.73 Å². The molecule has 0 aliphatic carbocycles. The highest BCUT2D eigenvalue weighted by atomic mass is 32.2. The average molecular weight is 352 g/mol. The second-order valence-electron chi connectivity index (χ2n) is 4.22. The maximum Gasteiger partial charge on any atom is 0.396 e. The molecule has 3 aromatic heterocycles. The van der Waals surface area contributed by atoms with Crippen molar-refractivity contribution in [1.29, 1.82) is 0 Å². The Balaban J connectivity index is 0.000000368. The predicted molar refractivity (Wildman–Crippen MR) is 82.4 cm³/mol. The number of nitrogens with one attached hydrogen (secondary N) is 1. The quantitative estimate of drug-likeness (QED) is 0.333. The molecule has 0 saturated heterocycles. The normalized spacial score (nSPS) is 10.2. The third kappa shape index (κ3) is 3.82. The maximum atomic E-state index is 10.9. The highest BCUT2D eigenvalue weighted by Crippen LogP contribution is 2.34. The number of nitrogens with zero attached hydrogens (tertiary/aromatic N) is 6. The number of aromatic amines is 1. The predicted octanol–water partition coefficient (Wildman–Crippen LogP) is 0.175. The zero-order chi connectivity index (χ0) is 17.7. The van der Waals surface area contributed by atoms with E-state index in [1.807, 2.05) is 0 Å². The standard InChI is InChI=1S/C9H7N7O2S.C2H5NO2/c1-15-4-14-7(16(17)18)9(15)19-8-5-6(11-2-10-5)12-3-13-8;3-1-2(4)5/h2-4H,1H3,(H,10,11,12,13);1,3H2,(H,4,5). The molecule has 0 spiro atoms. The number of imidazole rings is 2. The van der Waals surface area contributed by atoms with Crippen LogP contribution in [0.25, 0.3) is 11.2 Å². The van der Waals surface area contributed by atoms with E-state index in [1.165, 1.54) is 19.0 Å². The lowest BCUT2D eigenvalue weighted by molar-refractivity contribution is -0.392. The zero-order valence-electron chi connectivity index (χ0n) is 12.3. The molecule has 0 unspecified atom stereocenters. The first-order valence-corrected chi connectivity index (χ1v) is 7.15. The van der Waals surface area contributed by atoms with Gasteiger partial charge in [-0.25, -0.2) is 15.0 Å². The fourth-order valence-electron chi connectivity index (χ4n) is 1.56. The van der Waals surface area contributed by atoms with Gasteiger partial charge in [0.2, 0.25) is 6.33 Å². The number of carbonyl (C=O) groups is 1. The number of aryl methyl sites for hydroxylation is 1. The number of carboxylic acid groups (broad SMARTS) is 1. The average Bonchev–Trinajstić information content (AvgIpc) is 3.16. The molecule has 0 aromatic carbocycles. The minimum atomic E-state index is -0.968. The van der Waals surface area contributed by atoms with Crippen molar-refractivity contribution < 1.29 is 14.8 Å². The summed E-state index contributed by atoms with van der Waals surface area (Å²) in [5.74, 6) is -1.16. The molecule has 3 heterocycles. The van der Waals surface area contributed by atoms with Crippen molar-refractivity contribution >= 4 is 34.7 Å². The Labute approximate surface area is 138 Å². The Hall–Kier alpha value is -3.06. The van der Waals surface area contributed by atoms with Gasteiger partial charge < -0.3 is 30.5 Å². The van der Waals surface area contributed by atoms with E-state index in [4.69, 9.17) is 5.11 Å². The molecule has 0 fully saturated rings. The summed E-state index contributed by atoms with van der Waals surface area (Å²) in [7, 11) is 1.69. The van der Waals surface area contributed by atoms with Crippen molar-refractivity contribution in [2.24, 2.45) is 12.8 Å². The van der Waals surface area contributed by atoms with Crippen LogP contribution in [0.15, 0.2) is 29.0 Å². The van der Waals surface area contributed by atoms with E-state index in [0.29, 0.717) is 21.2 Å². The molecule has 0 atom stereocenters. The van der Waals surface area contributed by atoms with Crippen LogP contribution >= 0.6 is 11.8 Å². The number of aromatic nitrogens is 6. The summed E-state index contributed by atoms with van der Waals surface area (Å²) in [6.45, 7) is -0.278. The summed E-state index contributed by atoms with van der Waals surface area (Å²) in [6.07, 6.45) is 4.26. The van der Waals surface area contributed by atoms with Crippen LogP contribution in [0.5, 0.6) is 0 Å². The number of hydrogen-bond acceptors (Lipinski definition) is 9. The van der Waals surface area contributed by atoms with E-state index in [0.717, 1.165) is 11.8 Å². The molecule has 12 nitrogen and oxygen atoms in total. The molecule has 3 rings (SSSR count). The molecule has 0 aliphatic heterocycles. The summed E-state index contributed by atoms with van der Waals surface area (Å²) in [4.78, 5) is 38.4. The van der Waals surface area contributed by atoms with Gasteiger partial charge in [0.15, 0.2) is 10.7 Å². The number of fused-ring (bicyclic) bond motifs is 1. The second-order valence-corrected chi connectivity index (χ2v) is 5.20. The Kier molecular flexibility index (Phi) is 5.39. The minimum Gasteiger partial charge on any atom is -0.480 e. The summed E-state index contributed by atoms with van der Waals surface area (Å²) in [5.41, 5.74) is 5.73. The van der Waals surface area contributed by atoms with Gasteiger partial charge in [0, 0.05) is 7.05 Å². The molecule has 0 bridgehead atoms. The highest BCUT2D eigenvalue weighted by Gasteiger charge is 2.22. The Morgan fingerprint density at radius 2 is 2.17 bits per heavy atom. The van der Waals surface area contributed by atoms with Crippen molar-refractivity contribution in [2.45, 2.75) is 10.1 Å². The van der Waals surface area contributed by atoms with E-state index in [-0.39, 0.29) is 12.4 Å². The van der Waals surface area contributed by atoms with Crippen LogP contribution in [0.3, 0.4) is 0 Å². The number of hydrogen-bond donors (Lipinski definition) is 3. The van der Waals surface area contributed by atoms with Gasteiger partial charge in [-0.3, -0.25) is 4.79 Å². The van der Waals surface area contributed by atoms with Crippen LogP contribution in [-0.2, 0) is 11.8 Å². The molecular formula is C11H12N8O4S. The van der Waals surface area contributed by atoms with Gasteiger partial charge >= 0.3 is 11.8 Å². The van der Waals surface area contributed by atoms with Gasteiger partial charge in [-0.05, 0) is 21.7 Å². The summed E-state index contributed by atoms with van der Waals surface area (Å²) < 4.78 is 1.58. The third-order valence-electron chi connectivity index (χ3n) is 2.59. The number of carboxylic acids is 1. The number of nitrogens with two attached hydrogens (primary N) is 1. The first-order chi connectivity index (χ1) is 11.4. The topological polar surface area (TPSA) is 179 Å². The first kappa shape index (κ1) is 17.3. The fourth-order valence-corrected chi connectivity index (χ4v) is 2.51. The van der Waals surface area contributed by atoms with Gasteiger partial charge in [0.1, 0.15) is 16.9 Å². The molecule has 0 amide bonds. The van der Waals surface area contributed by atoms with E-state index >= 15 is 0 Å². The number of nitro groups is 1. The number of rotatable bonds is 4. The lowest BCUT2D eigenvalue weighted by Gasteiger charge is -2.01. The summed E-state index contributed by atoms with van der Waals surface area (Å²) in [5, 5.41) is 19.5. The van der Waals surface area contributed by atoms with E-state index in [2.05, 4.69) is 30.7 Å². The van der Waals surface area contributed by atoms with E-state index in [1.54, 1.807) is 11.6 Å². The first-order valence-electron chi connectivity index (χ1n) is 6.33. The van der Waals surface area contributed by atoms with E-state index < -0.39 is 10.9 Å². The van der Waals surface area contributed by atoms with E-state index in [9.17, 15) is 14.9 Å². The molecule has 24 heavy (non-hydrogen) atoms. The van der Waals surface area contributed by atoms with Crippen molar-refractivity contribution in [1.82, 2.24) is 29.5 Å². The molecule has 3 aromatic rings. The Morgan fingerprint density at radius 1 is 1.46 bits per heavy atom. The Morgan fingerprint density at radius 3 is 2.79 bits per heavy atom. The molecule has 126 valence electrons. The molecular weight excluding hydrogens is 340 g/mol. The summed E-state index contributed by atoms with van der Waals surface area (Å²) >= 11 is 1.15. The van der Waals surface area contributed by atoms with Crippen LogP contribution in [0.2, 0.25) is 0 Å². The van der Waals surface area contributed by atoms with Crippen LogP contribution in [0.1, 0.15) is 0 Å². The number of H-pyrrole nitrogens is 1. The van der Waals surface area contributed by atoms with Crippen LogP contribution in [0.4, 0.5) is 5.82 Å².